The van der Waals surface area contributed by atoms with E-state index in [0.29, 0.717) is 17.9 Å². The van der Waals surface area contributed by atoms with Crippen molar-refractivity contribution < 1.29 is 4.79 Å². The van der Waals surface area contributed by atoms with Crippen LogP contribution in [0.15, 0.2) is 0 Å². The zero-order valence-corrected chi connectivity index (χ0v) is 10.2. The molecule has 1 rings (SSSR count). The lowest BCUT2D eigenvalue weighted by Gasteiger charge is -2.20. The fourth-order valence-electron chi connectivity index (χ4n) is 1.83. The van der Waals surface area contributed by atoms with Crippen molar-refractivity contribution in [2.45, 2.75) is 40.0 Å². The minimum absolute atomic E-state index is 0.135. The smallest absolute Gasteiger partial charge is 0.233 e. The third-order valence-electron chi connectivity index (χ3n) is 3.47. The zero-order valence-electron chi connectivity index (χ0n) is 10.2. The van der Waals surface area contributed by atoms with Crippen LogP contribution in [-0.2, 0) is 4.79 Å². The van der Waals surface area contributed by atoms with Crippen molar-refractivity contribution in [1.82, 2.24) is 10.6 Å². The lowest BCUT2D eigenvalue weighted by molar-refractivity contribution is -0.120. The number of nitrogens with one attached hydrogen (secondary N) is 2. The minimum Gasteiger partial charge on any atom is -0.354 e. The molecular weight excluding hydrogens is 188 g/mol. The van der Waals surface area contributed by atoms with Gasteiger partial charge >= 0.3 is 0 Å². The summed E-state index contributed by atoms with van der Waals surface area (Å²) in [4.78, 5) is 11.4. The molecule has 3 nitrogen and oxygen atoms in total. The van der Waals surface area contributed by atoms with Crippen molar-refractivity contribution in [3.63, 3.8) is 0 Å². The summed E-state index contributed by atoms with van der Waals surface area (Å²) < 4.78 is 0. The van der Waals surface area contributed by atoms with Crippen LogP contribution in [0.4, 0.5) is 0 Å². The molecule has 15 heavy (non-hydrogen) atoms. The average Bonchev–Trinajstić information content (AvgIpc) is 2.96. The normalized spacial score (nSPS) is 17.9. The lowest BCUT2D eigenvalue weighted by Crippen LogP contribution is -2.38. The van der Waals surface area contributed by atoms with Gasteiger partial charge in [-0.3, -0.25) is 4.79 Å². The Labute approximate surface area is 93.0 Å². The Kier molecular flexibility index (Phi) is 4.58. The molecule has 2 N–H and O–H groups in total. The molecule has 1 aliphatic carbocycles. The molecule has 0 aromatic rings. The molecule has 0 saturated heterocycles. The van der Waals surface area contributed by atoms with Gasteiger partial charge in [0.1, 0.15) is 0 Å². The van der Waals surface area contributed by atoms with E-state index in [0.717, 1.165) is 19.5 Å². The highest BCUT2D eigenvalue weighted by Gasteiger charge is 2.45. The van der Waals surface area contributed by atoms with Crippen LogP contribution in [-0.4, -0.2) is 25.5 Å². The summed E-state index contributed by atoms with van der Waals surface area (Å²) in [6.07, 6.45) is 3.61. The van der Waals surface area contributed by atoms with E-state index < -0.39 is 0 Å². The highest BCUT2D eigenvalue weighted by molar-refractivity contribution is 5.78. The van der Waals surface area contributed by atoms with E-state index >= 15 is 0 Å². The maximum atomic E-state index is 11.4. The van der Waals surface area contributed by atoms with E-state index in [-0.39, 0.29) is 5.91 Å². The first-order valence-electron chi connectivity index (χ1n) is 6.08. The van der Waals surface area contributed by atoms with E-state index in [1.165, 1.54) is 12.8 Å². The minimum atomic E-state index is 0.135. The molecule has 0 bridgehead atoms. The van der Waals surface area contributed by atoms with E-state index in [1.54, 1.807) is 0 Å². The Hall–Kier alpha value is -0.570. The molecule has 0 atom stereocenters. The number of amides is 1. The second-order valence-electron chi connectivity index (χ2n) is 4.97. The summed E-state index contributed by atoms with van der Waals surface area (Å²) in [7, 11) is 0. The maximum absolute atomic E-state index is 11.4. The molecule has 0 aromatic heterocycles. The monoisotopic (exact) mass is 212 g/mol. The Balaban J connectivity index is 2.12. The van der Waals surface area contributed by atoms with Crippen LogP contribution in [0.1, 0.15) is 40.0 Å². The fraction of sp³-hybridized carbons (Fsp3) is 0.917. The van der Waals surface area contributed by atoms with Crippen molar-refractivity contribution in [3.05, 3.63) is 0 Å². The summed E-state index contributed by atoms with van der Waals surface area (Å²) in [5.74, 6) is 0.816. The molecule has 1 saturated carbocycles. The largest absolute Gasteiger partial charge is 0.354 e. The van der Waals surface area contributed by atoms with Crippen molar-refractivity contribution in [1.29, 1.82) is 0 Å². The summed E-state index contributed by atoms with van der Waals surface area (Å²) in [6, 6.07) is 0. The molecule has 3 heteroatoms. The third-order valence-corrected chi connectivity index (χ3v) is 3.47. The average molecular weight is 212 g/mol. The van der Waals surface area contributed by atoms with Crippen molar-refractivity contribution in [2.24, 2.45) is 11.3 Å². The lowest BCUT2D eigenvalue weighted by atomic mass is 9.92. The van der Waals surface area contributed by atoms with Crippen molar-refractivity contribution >= 4 is 5.91 Å². The predicted molar refractivity (Wildman–Crippen MR) is 62.7 cm³/mol. The van der Waals surface area contributed by atoms with Crippen LogP contribution in [0.2, 0.25) is 0 Å². The topological polar surface area (TPSA) is 41.1 Å². The predicted octanol–water partition coefficient (Wildman–Crippen LogP) is 1.54. The number of rotatable bonds is 7. The van der Waals surface area contributed by atoms with Crippen molar-refractivity contribution in [3.8, 4) is 0 Å². The molecule has 0 unspecified atom stereocenters. The fourth-order valence-corrected chi connectivity index (χ4v) is 1.83. The van der Waals surface area contributed by atoms with Gasteiger partial charge < -0.3 is 10.6 Å². The summed E-state index contributed by atoms with van der Waals surface area (Å²) in [5, 5.41) is 6.13. The van der Waals surface area contributed by atoms with Gasteiger partial charge in [0, 0.05) is 6.54 Å². The molecule has 88 valence electrons. The first-order chi connectivity index (χ1) is 7.10. The van der Waals surface area contributed by atoms with Crippen LogP contribution in [0.25, 0.3) is 0 Å². The van der Waals surface area contributed by atoms with Gasteiger partial charge in [0.15, 0.2) is 0 Å². The molecule has 0 heterocycles. The van der Waals surface area contributed by atoms with Crippen LogP contribution in [0.5, 0.6) is 0 Å². The molecule has 0 aliphatic heterocycles. The zero-order chi connectivity index (χ0) is 11.3. The quantitative estimate of drug-likeness (QED) is 0.629. The molecule has 1 aliphatic rings. The van der Waals surface area contributed by atoms with Gasteiger partial charge in [-0.25, -0.2) is 0 Å². The van der Waals surface area contributed by atoms with E-state index in [9.17, 15) is 4.79 Å². The number of carbonyl (C=O) groups excluding carboxylic acids is 1. The van der Waals surface area contributed by atoms with Gasteiger partial charge in [0.05, 0.1) is 6.54 Å². The second kappa shape index (κ2) is 5.50. The Morgan fingerprint density at radius 3 is 2.53 bits per heavy atom. The number of hydrogen-bond donors (Lipinski definition) is 2. The van der Waals surface area contributed by atoms with Gasteiger partial charge in [-0.05, 0) is 37.1 Å². The highest BCUT2D eigenvalue weighted by Crippen LogP contribution is 2.51. The van der Waals surface area contributed by atoms with Crippen molar-refractivity contribution in [2.75, 3.05) is 19.6 Å². The first kappa shape index (κ1) is 12.5. The van der Waals surface area contributed by atoms with E-state index in [4.69, 9.17) is 0 Å². The van der Waals surface area contributed by atoms with E-state index in [2.05, 4.69) is 31.4 Å². The summed E-state index contributed by atoms with van der Waals surface area (Å²) in [6.45, 7) is 8.83. The van der Waals surface area contributed by atoms with Gasteiger partial charge in [0.25, 0.3) is 0 Å². The SMILES string of the molecule is CCCNCC(=O)NCC1(C(C)C)CC1. The molecule has 0 radical (unpaired) electrons. The van der Waals surface area contributed by atoms with Gasteiger partial charge in [-0.2, -0.15) is 0 Å². The number of hydrogen-bond acceptors (Lipinski definition) is 2. The Bertz CT molecular complexity index is 210. The van der Waals surface area contributed by atoms with E-state index in [1.807, 2.05) is 0 Å². The van der Waals surface area contributed by atoms with Crippen LogP contribution >= 0.6 is 0 Å². The highest BCUT2D eigenvalue weighted by atomic mass is 16.1. The third kappa shape index (κ3) is 3.82. The van der Waals surface area contributed by atoms with Crippen LogP contribution in [0, 0.1) is 11.3 Å². The first-order valence-corrected chi connectivity index (χ1v) is 6.08. The second-order valence-corrected chi connectivity index (χ2v) is 4.97. The van der Waals surface area contributed by atoms with Crippen LogP contribution < -0.4 is 10.6 Å². The van der Waals surface area contributed by atoms with Gasteiger partial charge in [-0.1, -0.05) is 20.8 Å². The van der Waals surface area contributed by atoms with Gasteiger partial charge in [-0.15, -0.1) is 0 Å². The Morgan fingerprint density at radius 1 is 1.40 bits per heavy atom. The standard InChI is InChI=1S/C12H24N2O/c1-4-7-13-8-11(15)14-9-12(5-6-12)10(2)3/h10,13H,4-9H2,1-3H3,(H,14,15). The van der Waals surface area contributed by atoms with Crippen LogP contribution in [0.3, 0.4) is 0 Å². The van der Waals surface area contributed by atoms with Gasteiger partial charge in [0.2, 0.25) is 5.91 Å². The molecule has 0 aromatic carbocycles. The molecule has 0 spiro atoms. The number of carbonyl (C=O) groups is 1. The molecular formula is C12H24N2O. The summed E-state index contributed by atoms with van der Waals surface area (Å²) in [5.41, 5.74) is 0.417. The maximum Gasteiger partial charge on any atom is 0.233 e. The molecule has 1 fully saturated rings. The molecule has 1 amide bonds. The Morgan fingerprint density at radius 2 is 2.07 bits per heavy atom. The summed E-state index contributed by atoms with van der Waals surface area (Å²) >= 11 is 0.